The van der Waals surface area contributed by atoms with Crippen LogP contribution in [-0.4, -0.2) is 36.5 Å². The number of carbonyl (C=O) groups is 2. The van der Waals surface area contributed by atoms with Gasteiger partial charge in [0.25, 0.3) is 0 Å². The van der Waals surface area contributed by atoms with E-state index < -0.39 is 0 Å². The average molecular weight is 271 g/mol. The van der Waals surface area contributed by atoms with Gasteiger partial charge in [-0.05, 0) is 26.2 Å². The van der Waals surface area contributed by atoms with Crippen LogP contribution in [0.1, 0.15) is 53.9 Å². The molecule has 0 aliphatic heterocycles. The quantitative estimate of drug-likeness (QED) is 0.638. The molecule has 112 valence electrons. The topological polar surface area (TPSA) is 46.6 Å². The Bertz CT molecular complexity index is 287. The Morgan fingerprint density at radius 3 is 1.95 bits per heavy atom. The van der Waals surface area contributed by atoms with Crippen LogP contribution < -0.4 is 0 Å². The fraction of sp³-hybridized carbons (Fsp3) is 0.867. The Hall–Kier alpha value is -1.06. The van der Waals surface area contributed by atoms with Gasteiger partial charge in [-0.1, -0.05) is 27.7 Å². The Balaban J connectivity index is 4.91. The molecule has 19 heavy (non-hydrogen) atoms. The van der Waals surface area contributed by atoms with Crippen LogP contribution >= 0.6 is 0 Å². The van der Waals surface area contributed by atoms with E-state index >= 15 is 0 Å². The highest BCUT2D eigenvalue weighted by atomic mass is 16.5. The molecule has 0 rings (SSSR count). The Kier molecular flexibility index (Phi) is 8.44. The summed E-state index contributed by atoms with van der Waals surface area (Å²) in [6.45, 7) is 10.4. The van der Waals surface area contributed by atoms with E-state index in [2.05, 4.69) is 6.92 Å². The second-order valence-corrected chi connectivity index (χ2v) is 5.19. The number of hydrogen-bond donors (Lipinski definition) is 0. The van der Waals surface area contributed by atoms with Crippen molar-refractivity contribution in [1.82, 2.24) is 4.90 Å². The molecule has 0 aliphatic carbocycles. The first-order chi connectivity index (χ1) is 8.92. The van der Waals surface area contributed by atoms with Crippen LogP contribution in [-0.2, 0) is 14.3 Å². The summed E-state index contributed by atoms with van der Waals surface area (Å²) >= 11 is 0. The summed E-state index contributed by atoms with van der Waals surface area (Å²) in [5.74, 6) is -0.322. The van der Waals surface area contributed by atoms with Crippen LogP contribution in [0, 0.1) is 11.8 Å². The molecule has 2 unspecified atom stereocenters. The van der Waals surface area contributed by atoms with E-state index in [1.807, 2.05) is 25.7 Å². The highest BCUT2D eigenvalue weighted by Gasteiger charge is 2.28. The molecule has 0 aromatic rings. The van der Waals surface area contributed by atoms with Crippen molar-refractivity contribution in [3.05, 3.63) is 0 Å². The second-order valence-electron chi connectivity index (χ2n) is 5.19. The van der Waals surface area contributed by atoms with Crippen molar-refractivity contribution >= 4 is 11.9 Å². The third-order valence-corrected chi connectivity index (χ3v) is 3.81. The van der Waals surface area contributed by atoms with Gasteiger partial charge < -0.3 is 9.64 Å². The first kappa shape index (κ1) is 17.9. The lowest BCUT2D eigenvalue weighted by Gasteiger charge is -2.33. The van der Waals surface area contributed by atoms with E-state index in [0.717, 1.165) is 19.3 Å². The van der Waals surface area contributed by atoms with E-state index in [-0.39, 0.29) is 29.8 Å². The van der Waals surface area contributed by atoms with E-state index in [4.69, 9.17) is 4.74 Å². The highest BCUT2D eigenvalue weighted by molar-refractivity contribution is 5.80. The van der Waals surface area contributed by atoms with Gasteiger partial charge in [0.2, 0.25) is 5.91 Å². The molecule has 4 nitrogen and oxygen atoms in total. The lowest BCUT2D eigenvalue weighted by atomic mass is 9.99. The van der Waals surface area contributed by atoms with Gasteiger partial charge in [-0.2, -0.15) is 0 Å². The van der Waals surface area contributed by atoms with Crippen LogP contribution in [0.25, 0.3) is 0 Å². The fourth-order valence-electron chi connectivity index (χ4n) is 2.15. The number of hydrogen-bond acceptors (Lipinski definition) is 3. The number of nitrogens with zero attached hydrogens (tertiary/aromatic N) is 1. The number of ether oxygens (including phenoxy) is 1. The zero-order chi connectivity index (χ0) is 15.0. The average Bonchev–Trinajstić information content (AvgIpc) is 2.43. The molecule has 0 N–H and O–H groups in total. The first-order valence-electron chi connectivity index (χ1n) is 7.31. The number of carbonyl (C=O) groups excluding carboxylic acids is 2. The number of amides is 1. The molecule has 0 aromatic heterocycles. The van der Waals surface area contributed by atoms with Gasteiger partial charge in [0, 0.05) is 18.5 Å². The van der Waals surface area contributed by atoms with Gasteiger partial charge >= 0.3 is 5.97 Å². The van der Waals surface area contributed by atoms with Crippen molar-refractivity contribution < 1.29 is 14.3 Å². The second kappa shape index (κ2) is 8.94. The predicted molar refractivity (Wildman–Crippen MR) is 76.7 cm³/mol. The van der Waals surface area contributed by atoms with Gasteiger partial charge in [-0.25, -0.2) is 0 Å². The summed E-state index contributed by atoms with van der Waals surface area (Å²) in [6.07, 6.45) is 2.57. The minimum atomic E-state index is -0.280. The third kappa shape index (κ3) is 5.21. The van der Waals surface area contributed by atoms with E-state index in [1.54, 1.807) is 6.92 Å². The van der Waals surface area contributed by atoms with Gasteiger partial charge in [0.1, 0.15) is 0 Å². The van der Waals surface area contributed by atoms with Gasteiger partial charge in [-0.15, -0.1) is 0 Å². The van der Waals surface area contributed by atoms with E-state index in [1.165, 1.54) is 7.11 Å². The Morgan fingerprint density at radius 2 is 1.58 bits per heavy atom. The third-order valence-electron chi connectivity index (χ3n) is 3.81. The first-order valence-corrected chi connectivity index (χ1v) is 7.31. The summed E-state index contributed by atoms with van der Waals surface area (Å²) < 4.78 is 4.74. The monoisotopic (exact) mass is 271 g/mol. The number of esters is 1. The maximum Gasteiger partial charge on any atom is 0.310 e. The van der Waals surface area contributed by atoms with Crippen molar-refractivity contribution in [1.29, 1.82) is 0 Å². The minimum Gasteiger partial charge on any atom is -0.469 e. The van der Waals surface area contributed by atoms with Crippen molar-refractivity contribution in [2.75, 3.05) is 13.7 Å². The molecular formula is C15H29NO3. The molecule has 4 heteroatoms. The van der Waals surface area contributed by atoms with Gasteiger partial charge in [0.15, 0.2) is 0 Å². The number of rotatable bonds is 8. The molecule has 0 bridgehead atoms. The molecule has 0 fully saturated rings. The summed E-state index contributed by atoms with van der Waals surface area (Å²) in [6, 6.07) is 0.153. The van der Waals surface area contributed by atoms with Crippen molar-refractivity contribution in [2.45, 2.75) is 59.9 Å². The maximum absolute atomic E-state index is 12.5. The number of methoxy groups -OCH3 is 1. The van der Waals surface area contributed by atoms with Crippen LogP contribution in [0.2, 0.25) is 0 Å². The van der Waals surface area contributed by atoms with Gasteiger partial charge in [-0.3, -0.25) is 9.59 Å². The standard InChI is InChI=1S/C15H29NO3/c1-7-12(5)16(10-11(4)15(18)19-6)14(17)13(8-2)9-3/h11-13H,7-10H2,1-6H3. The lowest BCUT2D eigenvalue weighted by Crippen LogP contribution is -2.45. The molecule has 0 spiro atoms. The highest BCUT2D eigenvalue weighted by Crippen LogP contribution is 2.17. The summed E-state index contributed by atoms with van der Waals surface area (Å²) in [4.78, 5) is 25.9. The summed E-state index contributed by atoms with van der Waals surface area (Å²) in [7, 11) is 1.38. The van der Waals surface area contributed by atoms with E-state index in [9.17, 15) is 9.59 Å². The fourth-order valence-corrected chi connectivity index (χ4v) is 2.15. The lowest BCUT2D eigenvalue weighted by molar-refractivity contribution is -0.148. The van der Waals surface area contributed by atoms with Crippen molar-refractivity contribution in [3.8, 4) is 0 Å². The Labute approximate surface area is 117 Å². The predicted octanol–water partition coefficient (Wildman–Crippen LogP) is 2.86. The van der Waals surface area contributed by atoms with Crippen molar-refractivity contribution in [2.24, 2.45) is 11.8 Å². The zero-order valence-corrected chi connectivity index (χ0v) is 13.2. The summed E-state index contributed by atoms with van der Waals surface area (Å²) in [5, 5.41) is 0. The van der Waals surface area contributed by atoms with Crippen LogP contribution in [0.5, 0.6) is 0 Å². The molecule has 0 aromatic carbocycles. The molecule has 0 saturated carbocycles. The molecule has 0 aliphatic rings. The minimum absolute atomic E-state index is 0.0545. The molecule has 0 radical (unpaired) electrons. The maximum atomic E-state index is 12.5. The SMILES string of the molecule is CCC(CC)C(=O)N(CC(C)C(=O)OC)C(C)CC. The van der Waals surface area contributed by atoms with E-state index in [0.29, 0.717) is 6.54 Å². The Morgan fingerprint density at radius 1 is 1.05 bits per heavy atom. The largest absolute Gasteiger partial charge is 0.469 e. The molecule has 2 atom stereocenters. The van der Waals surface area contributed by atoms with Crippen LogP contribution in [0.15, 0.2) is 0 Å². The van der Waals surface area contributed by atoms with Crippen LogP contribution in [0.3, 0.4) is 0 Å². The summed E-state index contributed by atoms with van der Waals surface area (Å²) in [5.41, 5.74) is 0. The molecular weight excluding hydrogens is 242 g/mol. The smallest absolute Gasteiger partial charge is 0.310 e. The van der Waals surface area contributed by atoms with Crippen LogP contribution in [0.4, 0.5) is 0 Å². The normalized spacial score (nSPS) is 14.1. The van der Waals surface area contributed by atoms with Crippen molar-refractivity contribution in [3.63, 3.8) is 0 Å². The molecule has 0 heterocycles. The molecule has 1 amide bonds. The van der Waals surface area contributed by atoms with Gasteiger partial charge in [0.05, 0.1) is 13.0 Å². The molecule has 0 saturated heterocycles. The zero-order valence-electron chi connectivity index (χ0n) is 13.2.